The van der Waals surface area contributed by atoms with Crippen molar-refractivity contribution >= 4 is 11.8 Å². The smallest absolute Gasteiger partial charge is 0.256 e. The first-order chi connectivity index (χ1) is 15.1. The highest BCUT2D eigenvalue weighted by molar-refractivity contribution is 5.98. The summed E-state index contributed by atoms with van der Waals surface area (Å²) in [5.74, 6) is 0.777. The number of carbonyl (C=O) groups excluding carboxylic acids is 1. The highest BCUT2D eigenvalue weighted by atomic mass is 16.5. The molecule has 1 saturated heterocycles. The molecule has 2 atom stereocenters. The number of hydrogen-bond acceptors (Lipinski definition) is 7. The summed E-state index contributed by atoms with van der Waals surface area (Å²) in [5, 5.41) is 18.2. The first-order valence-electron chi connectivity index (χ1n) is 10.0. The maximum Gasteiger partial charge on any atom is 0.256 e. The third kappa shape index (κ3) is 5.37. The van der Waals surface area contributed by atoms with Gasteiger partial charge in [-0.15, -0.1) is 0 Å². The number of para-hydroxylation sites is 1. The van der Waals surface area contributed by atoms with E-state index in [0.29, 0.717) is 42.3 Å². The fraction of sp³-hybridized carbons (Fsp3) is 0.364. The molecule has 0 bridgehead atoms. The second kappa shape index (κ2) is 10.5. The Morgan fingerprint density at radius 1 is 1.32 bits per heavy atom. The molecule has 0 unspecified atom stereocenters. The minimum atomic E-state index is -0.304. The Balaban J connectivity index is 1.84. The summed E-state index contributed by atoms with van der Waals surface area (Å²) >= 11 is 0. The fourth-order valence-electron chi connectivity index (χ4n) is 3.45. The molecule has 1 fully saturated rings. The number of nitrogens with zero attached hydrogens (tertiary/aromatic N) is 5. The number of piperidine rings is 1. The molecule has 2 aromatic rings. The number of aliphatic hydroxyl groups is 1. The van der Waals surface area contributed by atoms with Crippen molar-refractivity contribution in [2.45, 2.75) is 31.9 Å². The van der Waals surface area contributed by atoms with Gasteiger partial charge in [-0.2, -0.15) is 15.0 Å². The van der Waals surface area contributed by atoms with Crippen molar-refractivity contribution in [3.8, 4) is 5.69 Å². The molecule has 164 valence electrons. The second-order valence-electron chi connectivity index (χ2n) is 7.06. The van der Waals surface area contributed by atoms with Gasteiger partial charge in [-0.25, -0.2) is 4.99 Å². The van der Waals surface area contributed by atoms with Crippen molar-refractivity contribution < 1.29 is 19.4 Å². The maximum atomic E-state index is 13.5. The number of amides is 1. The van der Waals surface area contributed by atoms with Crippen molar-refractivity contribution in [1.29, 1.82) is 0 Å². The molecule has 9 heteroatoms. The minimum absolute atomic E-state index is 0.128. The van der Waals surface area contributed by atoms with Gasteiger partial charge in [0.05, 0.1) is 55.7 Å². The van der Waals surface area contributed by atoms with E-state index in [1.165, 1.54) is 11.0 Å². The number of methoxy groups -OCH3 is 1. The number of benzene rings is 1. The zero-order chi connectivity index (χ0) is 22.2. The normalized spacial score (nSPS) is 19.8. The molecule has 0 spiro atoms. The van der Waals surface area contributed by atoms with E-state index in [2.05, 4.69) is 21.8 Å². The standard InChI is InChI=1S/C22H27N5O4/c1-4-23-21(13-16(2)30-3)31-18-10-9-17(15-28)26(14-18)22(29)19-7-5-6-8-20(19)27-24-11-12-25-27/h4-8,11-13,17-18,28H,1,9-10,14-15H2,2-3H3/b16-13+,23-21+/t17-,18+/m0/s1. The van der Waals surface area contributed by atoms with E-state index in [1.54, 1.807) is 55.6 Å². The molecule has 1 aliphatic heterocycles. The number of aliphatic imine (C=N–C) groups is 1. The highest BCUT2D eigenvalue weighted by Gasteiger charge is 2.34. The lowest BCUT2D eigenvalue weighted by atomic mass is 9.98. The molecule has 2 heterocycles. The largest absolute Gasteiger partial charge is 0.501 e. The van der Waals surface area contributed by atoms with Crippen LogP contribution in [0.4, 0.5) is 0 Å². The quantitative estimate of drug-likeness (QED) is 0.415. The number of rotatable bonds is 7. The zero-order valence-electron chi connectivity index (χ0n) is 17.7. The highest BCUT2D eigenvalue weighted by Crippen LogP contribution is 2.24. The fourth-order valence-corrected chi connectivity index (χ4v) is 3.45. The molecule has 0 aliphatic carbocycles. The van der Waals surface area contributed by atoms with Gasteiger partial charge in [0.1, 0.15) is 6.10 Å². The molecular formula is C22H27N5O4. The maximum absolute atomic E-state index is 13.5. The van der Waals surface area contributed by atoms with E-state index >= 15 is 0 Å². The molecule has 1 amide bonds. The molecular weight excluding hydrogens is 398 g/mol. The van der Waals surface area contributed by atoms with Gasteiger partial charge in [0, 0.05) is 12.3 Å². The van der Waals surface area contributed by atoms with Gasteiger partial charge in [0.2, 0.25) is 5.90 Å². The second-order valence-corrected chi connectivity index (χ2v) is 7.06. The Morgan fingerprint density at radius 2 is 2.06 bits per heavy atom. The lowest BCUT2D eigenvalue weighted by Gasteiger charge is -2.39. The molecule has 0 radical (unpaired) electrons. The van der Waals surface area contributed by atoms with Gasteiger partial charge in [0.15, 0.2) is 0 Å². The Kier molecular flexibility index (Phi) is 7.55. The predicted octanol–water partition coefficient (Wildman–Crippen LogP) is 2.34. The first kappa shape index (κ1) is 22.2. The third-order valence-electron chi connectivity index (χ3n) is 5.06. The van der Waals surface area contributed by atoms with Gasteiger partial charge in [-0.05, 0) is 31.9 Å². The monoisotopic (exact) mass is 425 g/mol. The summed E-state index contributed by atoms with van der Waals surface area (Å²) in [7, 11) is 1.57. The summed E-state index contributed by atoms with van der Waals surface area (Å²) in [4.78, 5) is 20.7. The Hall–Kier alpha value is -3.46. The number of likely N-dealkylation sites (tertiary alicyclic amines) is 1. The van der Waals surface area contributed by atoms with Gasteiger partial charge in [0.25, 0.3) is 5.91 Å². The summed E-state index contributed by atoms with van der Waals surface area (Å²) in [6.45, 7) is 5.59. The third-order valence-corrected chi connectivity index (χ3v) is 5.06. The lowest BCUT2D eigenvalue weighted by molar-refractivity contribution is 0.0182. The molecule has 0 saturated carbocycles. The molecule has 31 heavy (non-hydrogen) atoms. The van der Waals surface area contributed by atoms with Crippen LogP contribution in [0.25, 0.3) is 5.69 Å². The average molecular weight is 425 g/mol. The molecule has 1 aliphatic rings. The van der Waals surface area contributed by atoms with Crippen molar-refractivity contribution in [3.05, 3.63) is 66.8 Å². The van der Waals surface area contributed by atoms with Crippen molar-refractivity contribution in [2.75, 3.05) is 20.3 Å². The molecule has 1 aromatic carbocycles. The van der Waals surface area contributed by atoms with Gasteiger partial charge in [-0.1, -0.05) is 18.7 Å². The lowest BCUT2D eigenvalue weighted by Crippen LogP contribution is -2.51. The van der Waals surface area contributed by atoms with E-state index in [4.69, 9.17) is 9.47 Å². The first-order valence-corrected chi connectivity index (χ1v) is 10.0. The molecule has 1 N–H and O–H groups in total. The van der Waals surface area contributed by atoms with E-state index in [0.717, 1.165) is 0 Å². The van der Waals surface area contributed by atoms with Crippen molar-refractivity contribution in [2.24, 2.45) is 4.99 Å². The van der Waals surface area contributed by atoms with Crippen LogP contribution in [0.15, 0.2) is 66.3 Å². The van der Waals surface area contributed by atoms with E-state index < -0.39 is 0 Å². The minimum Gasteiger partial charge on any atom is -0.501 e. The summed E-state index contributed by atoms with van der Waals surface area (Å²) in [6, 6.07) is 6.83. The number of hydrogen-bond donors (Lipinski definition) is 1. The SMILES string of the molecule is C=C/N=C(\C=C(/C)OC)O[C@@H]1CC[C@@H](CO)N(C(=O)c2ccccc2-n2nccn2)C1. The number of ether oxygens (including phenoxy) is 2. The average Bonchev–Trinajstić information content (AvgIpc) is 3.33. The van der Waals surface area contributed by atoms with Crippen molar-refractivity contribution in [3.63, 3.8) is 0 Å². The molecule has 1 aromatic heterocycles. The summed E-state index contributed by atoms with van der Waals surface area (Å²) in [5.41, 5.74) is 1.03. The predicted molar refractivity (Wildman–Crippen MR) is 116 cm³/mol. The van der Waals surface area contributed by atoms with Crippen LogP contribution in [0, 0.1) is 0 Å². The summed E-state index contributed by atoms with van der Waals surface area (Å²) < 4.78 is 11.2. The zero-order valence-corrected chi connectivity index (χ0v) is 17.7. The Bertz CT molecular complexity index is 955. The number of carbonyl (C=O) groups is 1. The molecule has 9 nitrogen and oxygen atoms in total. The molecule has 3 rings (SSSR count). The van der Waals surface area contributed by atoms with Gasteiger partial charge in [-0.3, -0.25) is 4.79 Å². The Labute approximate surface area is 181 Å². The van der Waals surface area contributed by atoms with Crippen LogP contribution in [0.2, 0.25) is 0 Å². The van der Waals surface area contributed by atoms with E-state index in [9.17, 15) is 9.90 Å². The summed E-state index contributed by atoms with van der Waals surface area (Å²) in [6.07, 6.45) is 7.16. The van der Waals surface area contributed by atoms with Gasteiger partial charge < -0.3 is 19.5 Å². The van der Waals surface area contributed by atoms with Crippen molar-refractivity contribution in [1.82, 2.24) is 19.9 Å². The van der Waals surface area contributed by atoms with Gasteiger partial charge >= 0.3 is 0 Å². The van der Waals surface area contributed by atoms with Crippen LogP contribution in [-0.4, -0.2) is 69.2 Å². The van der Waals surface area contributed by atoms with Crippen LogP contribution in [0.5, 0.6) is 0 Å². The van der Waals surface area contributed by atoms with Crippen LogP contribution < -0.4 is 0 Å². The van der Waals surface area contributed by atoms with E-state index in [-0.39, 0.29) is 24.7 Å². The number of aliphatic hydroxyl groups excluding tert-OH is 1. The number of aromatic nitrogens is 3. The van der Waals surface area contributed by atoms with Crippen LogP contribution >= 0.6 is 0 Å². The van der Waals surface area contributed by atoms with E-state index in [1.807, 2.05) is 6.07 Å². The number of allylic oxidation sites excluding steroid dienone is 1. The topological polar surface area (TPSA) is 102 Å². The van der Waals surface area contributed by atoms with Crippen LogP contribution in [-0.2, 0) is 9.47 Å². The Morgan fingerprint density at radius 3 is 2.74 bits per heavy atom. The van der Waals surface area contributed by atoms with Crippen LogP contribution in [0.1, 0.15) is 30.1 Å². The van der Waals surface area contributed by atoms with Crippen LogP contribution in [0.3, 0.4) is 0 Å².